The van der Waals surface area contributed by atoms with Crippen LogP contribution in [0.3, 0.4) is 0 Å². The molecule has 1 aromatic carbocycles. The van der Waals surface area contributed by atoms with Gasteiger partial charge in [-0.05, 0) is 76.1 Å². The lowest BCUT2D eigenvalue weighted by molar-refractivity contribution is 0.152. The molecule has 2 saturated heterocycles. The summed E-state index contributed by atoms with van der Waals surface area (Å²) in [5.41, 5.74) is 4.02. The molecule has 2 unspecified atom stereocenters. The number of nitrogens with one attached hydrogen (secondary N) is 1. The Kier molecular flexibility index (Phi) is 5.46. The molecule has 0 aliphatic carbocycles. The van der Waals surface area contributed by atoms with E-state index in [1.54, 1.807) is 25.4 Å². The van der Waals surface area contributed by atoms with E-state index in [0.29, 0.717) is 17.7 Å². The fraction of sp³-hybridized carbons (Fsp3) is 0.500. The topological polar surface area (TPSA) is 44.4 Å². The van der Waals surface area contributed by atoms with Crippen LogP contribution >= 0.6 is 0 Å². The number of likely N-dealkylation sites (tertiary alicyclic amines) is 2. The van der Waals surface area contributed by atoms with E-state index in [0.717, 1.165) is 48.2 Å². The van der Waals surface area contributed by atoms with Crippen molar-refractivity contribution in [3.8, 4) is 16.9 Å². The van der Waals surface area contributed by atoms with E-state index < -0.39 is 0 Å². The zero-order valence-corrected chi connectivity index (χ0v) is 19.5. The Hall–Kier alpha value is -2.44. The Morgan fingerprint density at radius 1 is 1.06 bits per heavy atom. The highest BCUT2D eigenvalue weighted by Gasteiger charge is 2.36. The quantitative estimate of drug-likeness (QED) is 0.622. The summed E-state index contributed by atoms with van der Waals surface area (Å²) in [7, 11) is 1.62. The number of hydrogen-bond acceptors (Lipinski definition) is 4. The van der Waals surface area contributed by atoms with Crippen LogP contribution in [-0.2, 0) is 0 Å². The summed E-state index contributed by atoms with van der Waals surface area (Å²) in [6.45, 7) is 11.5. The van der Waals surface area contributed by atoms with Crippen LogP contribution in [0.15, 0.2) is 36.5 Å². The number of aromatic nitrogens is 2. The van der Waals surface area contributed by atoms with E-state index in [1.165, 1.54) is 24.7 Å². The van der Waals surface area contributed by atoms with Crippen molar-refractivity contribution in [2.75, 3.05) is 33.3 Å². The average Bonchev–Trinajstić information content (AvgIpc) is 3.51. The van der Waals surface area contributed by atoms with E-state index >= 15 is 0 Å². The molecule has 170 valence electrons. The van der Waals surface area contributed by atoms with E-state index in [-0.39, 0.29) is 11.4 Å². The molecule has 1 N–H and O–H groups in total. The first-order chi connectivity index (χ1) is 15.3. The molecule has 2 aromatic heterocycles. The van der Waals surface area contributed by atoms with Crippen LogP contribution in [-0.4, -0.2) is 64.6 Å². The molecular weight excluding hydrogens is 403 g/mol. The predicted octanol–water partition coefficient (Wildman–Crippen LogP) is 5.04. The lowest BCUT2D eigenvalue weighted by atomic mass is 10.0. The van der Waals surface area contributed by atoms with Crippen molar-refractivity contribution < 1.29 is 9.13 Å². The normalized spacial score (nSPS) is 22.8. The summed E-state index contributed by atoms with van der Waals surface area (Å²) < 4.78 is 19.5. The summed E-state index contributed by atoms with van der Waals surface area (Å²) in [5.74, 6) is 0.863. The second kappa shape index (κ2) is 8.16. The molecule has 2 aliphatic heterocycles. The lowest BCUT2D eigenvalue weighted by Crippen LogP contribution is -2.42. The third-order valence-electron chi connectivity index (χ3n) is 7.29. The van der Waals surface area contributed by atoms with E-state index in [2.05, 4.69) is 46.6 Å². The van der Waals surface area contributed by atoms with Gasteiger partial charge in [-0.2, -0.15) is 0 Å². The number of aromatic amines is 1. The summed E-state index contributed by atoms with van der Waals surface area (Å²) in [4.78, 5) is 13.4. The predicted molar refractivity (Wildman–Crippen MR) is 127 cm³/mol. The van der Waals surface area contributed by atoms with Gasteiger partial charge in [0.2, 0.25) is 0 Å². The molecule has 4 heterocycles. The van der Waals surface area contributed by atoms with E-state index in [1.807, 2.05) is 6.07 Å². The molecule has 0 spiro atoms. The molecule has 2 atom stereocenters. The largest absolute Gasteiger partial charge is 0.496 e. The summed E-state index contributed by atoms with van der Waals surface area (Å²) in [6.07, 6.45) is 4.18. The number of ether oxygens (including phenoxy) is 1. The number of rotatable bonds is 4. The zero-order chi connectivity index (χ0) is 22.5. The van der Waals surface area contributed by atoms with Gasteiger partial charge in [0.05, 0.1) is 7.11 Å². The van der Waals surface area contributed by atoms with Gasteiger partial charge in [-0.3, -0.25) is 9.80 Å². The van der Waals surface area contributed by atoms with Crippen molar-refractivity contribution in [1.82, 2.24) is 19.8 Å². The molecule has 0 saturated carbocycles. The fourth-order valence-corrected chi connectivity index (χ4v) is 5.41. The smallest absolute Gasteiger partial charge is 0.138 e. The molecule has 5 rings (SSSR count). The molecule has 0 bridgehead atoms. The maximum atomic E-state index is 14.0. The molecular formula is C26H33FN4O. The molecule has 32 heavy (non-hydrogen) atoms. The molecule has 0 radical (unpaired) electrons. The van der Waals surface area contributed by atoms with Crippen LogP contribution < -0.4 is 4.74 Å². The van der Waals surface area contributed by atoms with Gasteiger partial charge in [0, 0.05) is 60.0 Å². The SMILES string of the molecule is COc1ccc(F)cc1-c1ccnc2[nH]c(C3CCN(C4CCN(C(C)(C)C)C4)C3)cc12. The van der Waals surface area contributed by atoms with Crippen LogP contribution in [0, 0.1) is 5.82 Å². The highest BCUT2D eigenvalue weighted by molar-refractivity contribution is 5.95. The van der Waals surface area contributed by atoms with Gasteiger partial charge in [0.1, 0.15) is 17.2 Å². The molecule has 0 amide bonds. The van der Waals surface area contributed by atoms with Gasteiger partial charge in [-0.1, -0.05) is 0 Å². The third-order valence-corrected chi connectivity index (χ3v) is 7.29. The number of nitrogens with zero attached hydrogens (tertiary/aromatic N) is 3. The maximum absolute atomic E-state index is 14.0. The maximum Gasteiger partial charge on any atom is 0.138 e. The first-order valence-corrected chi connectivity index (χ1v) is 11.6. The Balaban J connectivity index is 1.39. The summed E-state index contributed by atoms with van der Waals surface area (Å²) >= 11 is 0. The molecule has 6 heteroatoms. The molecule has 5 nitrogen and oxygen atoms in total. The van der Waals surface area contributed by atoms with Crippen molar-refractivity contribution in [3.05, 3.63) is 48.0 Å². The van der Waals surface area contributed by atoms with Gasteiger partial charge < -0.3 is 9.72 Å². The number of methoxy groups -OCH3 is 1. The van der Waals surface area contributed by atoms with Gasteiger partial charge in [-0.15, -0.1) is 0 Å². The monoisotopic (exact) mass is 436 g/mol. The molecule has 2 fully saturated rings. The third kappa shape index (κ3) is 3.90. The fourth-order valence-electron chi connectivity index (χ4n) is 5.41. The standard InChI is InChI=1S/C26H33FN4O/c1-26(2,3)31-12-9-19(16-31)30-11-8-17(15-30)23-14-22-20(7-10-28-25(22)29-23)21-13-18(27)5-6-24(21)32-4/h5-7,10,13-14,17,19H,8-9,11-12,15-16H2,1-4H3,(H,28,29). The summed E-state index contributed by atoms with van der Waals surface area (Å²) in [6, 6.07) is 9.46. The lowest BCUT2D eigenvalue weighted by Gasteiger charge is -2.33. The Labute approximate surface area is 189 Å². The van der Waals surface area contributed by atoms with E-state index in [9.17, 15) is 4.39 Å². The highest BCUT2D eigenvalue weighted by atomic mass is 19.1. The van der Waals surface area contributed by atoms with E-state index in [4.69, 9.17) is 4.74 Å². The van der Waals surface area contributed by atoms with Gasteiger partial charge in [0.25, 0.3) is 0 Å². The number of halogens is 1. The van der Waals surface area contributed by atoms with Crippen molar-refractivity contribution in [3.63, 3.8) is 0 Å². The van der Waals surface area contributed by atoms with Crippen LogP contribution in [0.25, 0.3) is 22.2 Å². The second-order valence-electron chi connectivity index (χ2n) is 10.2. The minimum atomic E-state index is -0.270. The average molecular weight is 437 g/mol. The van der Waals surface area contributed by atoms with Crippen molar-refractivity contribution in [2.45, 2.75) is 51.1 Å². The number of fused-ring (bicyclic) bond motifs is 1. The number of benzene rings is 1. The Morgan fingerprint density at radius 3 is 2.66 bits per heavy atom. The van der Waals surface area contributed by atoms with Crippen molar-refractivity contribution in [2.24, 2.45) is 0 Å². The number of pyridine rings is 1. The highest BCUT2D eigenvalue weighted by Crippen LogP contribution is 2.38. The first kappa shape index (κ1) is 21.4. The first-order valence-electron chi connectivity index (χ1n) is 11.6. The van der Waals surface area contributed by atoms with Crippen LogP contribution in [0.2, 0.25) is 0 Å². The molecule has 2 aliphatic rings. The van der Waals surface area contributed by atoms with Crippen molar-refractivity contribution >= 4 is 11.0 Å². The minimum absolute atomic E-state index is 0.241. The van der Waals surface area contributed by atoms with Gasteiger partial charge >= 0.3 is 0 Å². The second-order valence-corrected chi connectivity index (χ2v) is 10.2. The van der Waals surface area contributed by atoms with Gasteiger partial charge in [0.15, 0.2) is 0 Å². The Morgan fingerprint density at radius 2 is 1.91 bits per heavy atom. The molecule has 3 aromatic rings. The van der Waals surface area contributed by atoms with Crippen molar-refractivity contribution in [1.29, 1.82) is 0 Å². The van der Waals surface area contributed by atoms with Crippen LogP contribution in [0.4, 0.5) is 4.39 Å². The number of H-pyrrole nitrogens is 1. The Bertz CT molecular complexity index is 1120. The minimum Gasteiger partial charge on any atom is -0.496 e. The zero-order valence-electron chi connectivity index (χ0n) is 19.5. The number of hydrogen-bond donors (Lipinski definition) is 1. The van der Waals surface area contributed by atoms with Crippen LogP contribution in [0.1, 0.15) is 45.2 Å². The summed E-state index contributed by atoms with van der Waals surface area (Å²) in [5, 5.41) is 1.02. The van der Waals surface area contributed by atoms with Gasteiger partial charge in [-0.25, -0.2) is 9.37 Å². The van der Waals surface area contributed by atoms with Crippen LogP contribution in [0.5, 0.6) is 5.75 Å².